The lowest BCUT2D eigenvalue weighted by molar-refractivity contribution is 0.383. The van der Waals surface area contributed by atoms with E-state index in [1.165, 1.54) is 5.56 Å². The number of nitrogens with zero attached hydrogens (tertiary/aromatic N) is 2. The normalized spacial score (nSPS) is 10.5. The van der Waals surface area contributed by atoms with E-state index < -0.39 is 0 Å². The second-order valence-electron chi connectivity index (χ2n) is 4.88. The van der Waals surface area contributed by atoms with Crippen molar-refractivity contribution in [1.29, 1.82) is 0 Å². The van der Waals surface area contributed by atoms with E-state index in [-0.39, 0.29) is 0 Å². The molecule has 0 saturated carbocycles. The average Bonchev–Trinajstić information content (AvgIpc) is 3.03. The fourth-order valence-corrected chi connectivity index (χ4v) is 2.21. The van der Waals surface area contributed by atoms with Gasteiger partial charge < -0.3 is 14.6 Å². The number of ether oxygens (including phenoxy) is 1. The first-order valence-corrected chi connectivity index (χ1v) is 7.03. The number of aromatic nitrogens is 2. The number of hydrogen-bond acceptors (Lipinski definition) is 5. The van der Waals surface area contributed by atoms with Crippen LogP contribution in [0, 0.1) is 6.92 Å². The molecular weight excluding hydrogens is 278 g/mol. The van der Waals surface area contributed by atoms with Crippen LogP contribution in [-0.2, 0) is 6.54 Å². The summed E-state index contributed by atoms with van der Waals surface area (Å²) in [5.74, 6) is 1.78. The van der Waals surface area contributed by atoms with Crippen molar-refractivity contribution in [2.45, 2.75) is 13.5 Å². The molecule has 112 valence electrons. The summed E-state index contributed by atoms with van der Waals surface area (Å²) in [7, 11) is 1.62. The lowest BCUT2D eigenvalue weighted by atomic mass is 10.2. The number of benzene rings is 2. The Hall–Kier alpha value is -2.82. The fourth-order valence-electron chi connectivity index (χ4n) is 2.21. The number of rotatable bonds is 5. The van der Waals surface area contributed by atoms with Crippen molar-refractivity contribution in [3.8, 4) is 17.1 Å². The maximum absolute atomic E-state index is 5.32. The molecule has 0 amide bonds. The lowest BCUT2D eigenvalue weighted by Crippen LogP contribution is -2.01. The van der Waals surface area contributed by atoms with Gasteiger partial charge in [-0.25, -0.2) is 0 Å². The predicted octanol–water partition coefficient (Wildman–Crippen LogP) is 3.67. The highest BCUT2D eigenvalue weighted by atomic mass is 16.5. The van der Waals surface area contributed by atoms with E-state index in [4.69, 9.17) is 9.26 Å². The second-order valence-corrected chi connectivity index (χ2v) is 4.88. The molecule has 5 nitrogen and oxygen atoms in total. The molecule has 0 aliphatic heterocycles. The highest BCUT2D eigenvalue weighted by Crippen LogP contribution is 2.27. The Bertz CT molecular complexity index is 768. The minimum absolute atomic E-state index is 0.479. The third-order valence-electron chi connectivity index (χ3n) is 3.39. The number of aryl methyl sites for hydroxylation is 1. The molecule has 3 rings (SSSR count). The van der Waals surface area contributed by atoms with Gasteiger partial charge in [0, 0.05) is 5.69 Å². The topological polar surface area (TPSA) is 60.2 Å². The van der Waals surface area contributed by atoms with Crippen LogP contribution >= 0.6 is 0 Å². The number of hydrogen-bond donors (Lipinski definition) is 1. The van der Waals surface area contributed by atoms with Gasteiger partial charge in [-0.05, 0) is 30.7 Å². The van der Waals surface area contributed by atoms with Gasteiger partial charge >= 0.3 is 0 Å². The Morgan fingerprint density at radius 2 is 1.86 bits per heavy atom. The van der Waals surface area contributed by atoms with E-state index >= 15 is 0 Å². The van der Waals surface area contributed by atoms with Gasteiger partial charge in [0.1, 0.15) is 5.75 Å². The minimum atomic E-state index is 0.479. The van der Waals surface area contributed by atoms with Gasteiger partial charge in [-0.3, -0.25) is 0 Å². The van der Waals surface area contributed by atoms with Crippen molar-refractivity contribution in [3.63, 3.8) is 0 Å². The van der Waals surface area contributed by atoms with Crippen molar-refractivity contribution >= 4 is 5.69 Å². The van der Waals surface area contributed by atoms with Crippen molar-refractivity contribution in [3.05, 3.63) is 60.0 Å². The van der Waals surface area contributed by atoms with Crippen molar-refractivity contribution < 1.29 is 9.26 Å². The maximum Gasteiger partial charge on any atom is 0.246 e. The summed E-state index contributed by atoms with van der Waals surface area (Å²) >= 11 is 0. The maximum atomic E-state index is 5.32. The van der Waals surface area contributed by atoms with Gasteiger partial charge in [0.2, 0.25) is 11.7 Å². The van der Waals surface area contributed by atoms with Gasteiger partial charge in [0.05, 0.1) is 19.2 Å². The molecule has 1 N–H and O–H groups in total. The highest BCUT2D eigenvalue weighted by Gasteiger charge is 2.12. The summed E-state index contributed by atoms with van der Waals surface area (Å²) in [4.78, 5) is 4.41. The van der Waals surface area contributed by atoms with E-state index in [0.717, 1.165) is 17.0 Å². The first kappa shape index (κ1) is 14.1. The largest absolute Gasteiger partial charge is 0.496 e. The van der Waals surface area contributed by atoms with Crippen LogP contribution in [0.1, 0.15) is 11.5 Å². The van der Waals surface area contributed by atoms with E-state index in [0.29, 0.717) is 18.3 Å². The monoisotopic (exact) mass is 295 g/mol. The van der Waals surface area contributed by atoms with Gasteiger partial charge in [-0.2, -0.15) is 4.98 Å². The van der Waals surface area contributed by atoms with Crippen LogP contribution in [-0.4, -0.2) is 17.3 Å². The molecule has 0 fully saturated rings. The lowest BCUT2D eigenvalue weighted by Gasteiger charge is -2.06. The molecule has 22 heavy (non-hydrogen) atoms. The Kier molecular flexibility index (Phi) is 4.05. The smallest absolute Gasteiger partial charge is 0.246 e. The molecule has 0 bridgehead atoms. The molecule has 0 unspecified atom stereocenters. The van der Waals surface area contributed by atoms with Crippen molar-refractivity contribution in [1.82, 2.24) is 10.1 Å². The first-order chi connectivity index (χ1) is 10.8. The Labute approximate surface area is 128 Å². The molecule has 2 aromatic carbocycles. The molecule has 5 heteroatoms. The number of anilines is 1. The molecule has 0 atom stereocenters. The van der Waals surface area contributed by atoms with Crippen LogP contribution in [0.25, 0.3) is 11.4 Å². The van der Waals surface area contributed by atoms with Crippen molar-refractivity contribution in [2.75, 3.05) is 12.4 Å². The molecule has 3 aromatic rings. The molecule has 1 heterocycles. The molecule has 0 aliphatic rings. The molecule has 0 aliphatic carbocycles. The standard InChI is InChI=1S/C17H17N3O2/c1-12-7-3-5-9-14(12)18-11-16-19-17(20-22-16)13-8-4-6-10-15(13)21-2/h3-10,18H,11H2,1-2H3. The van der Waals surface area contributed by atoms with Crippen LogP contribution in [0.5, 0.6) is 5.75 Å². The Morgan fingerprint density at radius 3 is 2.68 bits per heavy atom. The summed E-state index contributed by atoms with van der Waals surface area (Å²) < 4.78 is 10.6. The Balaban J connectivity index is 1.75. The summed E-state index contributed by atoms with van der Waals surface area (Å²) in [5.41, 5.74) is 3.04. The third kappa shape index (κ3) is 2.93. The van der Waals surface area contributed by atoms with Crippen LogP contribution in [0.4, 0.5) is 5.69 Å². The zero-order valence-corrected chi connectivity index (χ0v) is 12.5. The van der Waals surface area contributed by atoms with Gasteiger partial charge in [0.25, 0.3) is 0 Å². The summed E-state index contributed by atoms with van der Waals surface area (Å²) in [6.07, 6.45) is 0. The first-order valence-electron chi connectivity index (χ1n) is 7.03. The van der Waals surface area contributed by atoms with Crippen LogP contribution in [0.2, 0.25) is 0 Å². The van der Waals surface area contributed by atoms with Crippen LogP contribution < -0.4 is 10.1 Å². The summed E-state index contributed by atoms with van der Waals surface area (Å²) in [6.45, 7) is 2.53. The molecule has 0 saturated heterocycles. The number of para-hydroxylation sites is 2. The molecule has 0 radical (unpaired) electrons. The quantitative estimate of drug-likeness (QED) is 0.778. The molecule has 0 spiro atoms. The number of nitrogens with one attached hydrogen (secondary N) is 1. The molecule has 1 aromatic heterocycles. The second kappa shape index (κ2) is 6.30. The zero-order valence-electron chi connectivity index (χ0n) is 12.5. The molecular formula is C17H17N3O2. The zero-order chi connectivity index (χ0) is 15.4. The van der Waals surface area contributed by atoms with Gasteiger partial charge in [0.15, 0.2) is 0 Å². The SMILES string of the molecule is COc1ccccc1-c1noc(CNc2ccccc2C)n1. The van der Waals surface area contributed by atoms with Crippen LogP contribution in [0.3, 0.4) is 0 Å². The van der Waals surface area contributed by atoms with Gasteiger partial charge in [-0.15, -0.1) is 0 Å². The number of methoxy groups -OCH3 is 1. The van der Waals surface area contributed by atoms with Crippen molar-refractivity contribution in [2.24, 2.45) is 0 Å². The fraction of sp³-hybridized carbons (Fsp3) is 0.176. The van der Waals surface area contributed by atoms with E-state index in [1.807, 2.05) is 42.5 Å². The Morgan fingerprint density at radius 1 is 1.09 bits per heavy atom. The van der Waals surface area contributed by atoms with E-state index in [2.05, 4.69) is 28.4 Å². The third-order valence-corrected chi connectivity index (χ3v) is 3.39. The van der Waals surface area contributed by atoms with Crippen LogP contribution in [0.15, 0.2) is 53.1 Å². The average molecular weight is 295 g/mol. The minimum Gasteiger partial charge on any atom is -0.496 e. The summed E-state index contributed by atoms with van der Waals surface area (Å²) in [5, 5.41) is 7.32. The van der Waals surface area contributed by atoms with Gasteiger partial charge in [-0.1, -0.05) is 35.5 Å². The van der Waals surface area contributed by atoms with E-state index in [9.17, 15) is 0 Å². The summed E-state index contributed by atoms with van der Waals surface area (Å²) in [6, 6.07) is 15.7. The predicted molar refractivity (Wildman–Crippen MR) is 84.8 cm³/mol. The highest BCUT2D eigenvalue weighted by molar-refractivity contribution is 5.63. The van der Waals surface area contributed by atoms with E-state index in [1.54, 1.807) is 7.11 Å².